The zero-order valence-electron chi connectivity index (χ0n) is 20.6. The lowest BCUT2D eigenvalue weighted by molar-refractivity contribution is 0.444. The van der Waals surface area contributed by atoms with Gasteiger partial charge in [-0.3, -0.25) is 0 Å². The van der Waals surface area contributed by atoms with Gasteiger partial charge in [0, 0.05) is 56.9 Å². The molecular formula is C26H32N8S2. The van der Waals surface area contributed by atoms with E-state index in [-0.39, 0.29) is 0 Å². The third-order valence-corrected chi connectivity index (χ3v) is 7.55. The highest BCUT2D eigenvalue weighted by atomic mass is 32.2. The summed E-state index contributed by atoms with van der Waals surface area (Å²) in [6, 6.07) is 12.5. The van der Waals surface area contributed by atoms with Gasteiger partial charge in [-0.1, -0.05) is 19.1 Å². The molecule has 0 radical (unpaired) electrons. The molecule has 0 saturated carbocycles. The predicted molar refractivity (Wildman–Crippen MR) is 150 cm³/mol. The van der Waals surface area contributed by atoms with Crippen LogP contribution in [-0.4, -0.2) is 51.2 Å². The number of hydrogen-bond acceptors (Lipinski definition) is 8. The van der Waals surface area contributed by atoms with Crippen LogP contribution in [-0.2, 0) is 6.54 Å². The maximum atomic E-state index is 5.58. The van der Waals surface area contributed by atoms with Crippen molar-refractivity contribution in [3.63, 3.8) is 0 Å². The molecule has 3 aromatic rings. The van der Waals surface area contributed by atoms with E-state index in [0.717, 1.165) is 43.4 Å². The van der Waals surface area contributed by atoms with E-state index in [4.69, 9.17) is 22.2 Å². The van der Waals surface area contributed by atoms with Crippen LogP contribution in [0.5, 0.6) is 0 Å². The number of hydrogen-bond donors (Lipinski definition) is 2. The standard InChI is InChI=1S/C26H32N8S2/c1-19-6-4-15-34(18-19)22-16-23(36-26-27-11-5-12-28-26)31-24(30-22)32-25(35)29-17-20-7-9-21(10-8-20)33-13-2-3-14-33/h5,7-12,16,19H,2-4,6,13-15,17-18H2,1H3,(H2,29,30,31,32,35). The Labute approximate surface area is 222 Å². The zero-order chi connectivity index (χ0) is 24.7. The lowest BCUT2D eigenvalue weighted by Gasteiger charge is -2.32. The minimum absolute atomic E-state index is 0.478. The number of piperidine rings is 1. The van der Waals surface area contributed by atoms with Gasteiger partial charge in [0.15, 0.2) is 10.3 Å². The van der Waals surface area contributed by atoms with Crippen molar-refractivity contribution in [2.24, 2.45) is 5.92 Å². The molecule has 4 heterocycles. The third kappa shape index (κ3) is 6.61. The van der Waals surface area contributed by atoms with Gasteiger partial charge in [0.25, 0.3) is 0 Å². The summed E-state index contributed by atoms with van der Waals surface area (Å²) in [5.41, 5.74) is 2.47. The van der Waals surface area contributed by atoms with Gasteiger partial charge >= 0.3 is 0 Å². The topological polar surface area (TPSA) is 82.1 Å². The highest BCUT2D eigenvalue weighted by molar-refractivity contribution is 7.99. The Balaban J connectivity index is 1.25. The first kappa shape index (κ1) is 24.7. The molecular weight excluding hydrogens is 488 g/mol. The van der Waals surface area contributed by atoms with Crippen LogP contribution in [0.4, 0.5) is 17.5 Å². The average molecular weight is 521 g/mol. The van der Waals surface area contributed by atoms with Gasteiger partial charge in [0.05, 0.1) is 0 Å². The van der Waals surface area contributed by atoms with Crippen LogP contribution in [0.3, 0.4) is 0 Å². The highest BCUT2D eigenvalue weighted by Crippen LogP contribution is 2.29. The van der Waals surface area contributed by atoms with E-state index in [9.17, 15) is 0 Å². The van der Waals surface area contributed by atoms with Crippen molar-refractivity contribution >= 4 is 46.5 Å². The summed E-state index contributed by atoms with van der Waals surface area (Å²) in [5, 5.41) is 8.42. The summed E-state index contributed by atoms with van der Waals surface area (Å²) in [4.78, 5) is 22.9. The fourth-order valence-corrected chi connectivity index (χ4v) is 5.51. The van der Waals surface area contributed by atoms with Gasteiger partial charge in [0.1, 0.15) is 10.8 Å². The molecule has 2 saturated heterocycles. The van der Waals surface area contributed by atoms with Crippen molar-refractivity contribution in [3.8, 4) is 0 Å². The lowest BCUT2D eigenvalue weighted by Crippen LogP contribution is -2.35. The minimum atomic E-state index is 0.478. The van der Waals surface area contributed by atoms with Gasteiger partial charge in [-0.2, -0.15) is 4.98 Å². The fraction of sp³-hybridized carbons (Fsp3) is 0.423. The van der Waals surface area contributed by atoms with Crippen LogP contribution in [0.15, 0.2) is 59.0 Å². The van der Waals surface area contributed by atoms with Crippen molar-refractivity contribution in [2.75, 3.05) is 41.3 Å². The molecule has 2 aliphatic rings. The number of anilines is 3. The van der Waals surface area contributed by atoms with E-state index in [2.05, 4.69) is 61.6 Å². The van der Waals surface area contributed by atoms with E-state index >= 15 is 0 Å². The number of nitrogens with one attached hydrogen (secondary N) is 2. The van der Waals surface area contributed by atoms with Gasteiger partial charge < -0.3 is 20.4 Å². The summed E-state index contributed by atoms with van der Waals surface area (Å²) in [6.45, 7) is 7.20. The first-order valence-corrected chi connectivity index (χ1v) is 13.8. The van der Waals surface area contributed by atoms with Gasteiger partial charge in [-0.25, -0.2) is 15.0 Å². The number of aromatic nitrogens is 4. The van der Waals surface area contributed by atoms with Crippen LogP contribution < -0.4 is 20.4 Å². The summed E-state index contributed by atoms with van der Waals surface area (Å²) in [6.07, 6.45) is 8.44. The first-order chi connectivity index (χ1) is 17.6. The molecule has 10 heteroatoms. The van der Waals surface area contributed by atoms with Gasteiger partial charge in [-0.05, 0) is 79.3 Å². The molecule has 0 amide bonds. The summed E-state index contributed by atoms with van der Waals surface area (Å²) in [5.74, 6) is 2.02. The van der Waals surface area contributed by atoms with E-state index in [0.29, 0.717) is 28.7 Å². The Hall–Kier alpha value is -2.98. The molecule has 2 aromatic heterocycles. The minimum Gasteiger partial charge on any atom is -0.372 e. The Morgan fingerprint density at radius 3 is 2.53 bits per heavy atom. The van der Waals surface area contributed by atoms with Crippen molar-refractivity contribution in [2.45, 2.75) is 49.3 Å². The SMILES string of the molecule is CC1CCCN(c2cc(Sc3ncccn3)nc(NC(=S)NCc3ccc(N4CCCC4)cc3)n2)C1. The van der Waals surface area contributed by atoms with E-state index in [1.54, 1.807) is 12.4 Å². The average Bonchev–Trinajstić information content (AvgIpc) is 3.43. The molecule has 2 fully saturated rings. The molecule has 0 spiro atoms. The van der Waals surface area contributed by atoms with Crippen molar-refractivity contribution in [1.29, 1.82) is 0 Å². The molecule has 1 atom stereocenters. The number of benzene rings is 1. The van der Waals surface area contributed by atoms with Crippen LogP contribution in [0.25, 0.3) is 0 Å². The van der Waals surface area contributed by atoms with Crippen LogP contribution >= 0.6 is 24.0 Å². The number of thiocarbonyl (C=S) groups is 1. The molecule has 36 heavy (non-hydrogen) atoms. The predicted octanol–water partition coefficient (Wildman–Crippen LogP) is 4.74. The van der Waals surface area contributed by atoms with E-state index in [1.807, 2.05) is 12.1 Å². The Morgan fingerprint density at radius 1 is 1.03 bits per heavy atom. The van der Waals surface area contributed by atoms with Crippen LogP contribution in [0.1, 0.15) is 38.2 Å². The largest absolute Gasteiger partial charge is 0.372 e. The molecule has 5 rings (SSSR count). The summed E-state index contributed by atoms with van der Waals surface area (Å²) in [7, 11) is 0. The molecule has 188 valence electrons. The Morgan fingerprint density at radius 2 is 1.78 bits per heavy atom. The maximum absolute atomic E-state index is 5.58. The van der Waals surface area contributed by atoms with Crippen molar-refractivity contribution < 1.29 is 0 Å². The molecule has 1 aromatic carbocycles. The van der Waals surface area contributed by atoms with Crippen LogP contribution in [0.2, 0.25) is 0 Å². The van der Waals surface area contributed by atoms with Crippen LogP contribution in [0, 0.1) is 5.92 Å². The number of nitrogens with zero attached hydrogens (tertiary/aromatic N) is 6. The second-order valence-electron chi connectivity index (χ2n) is 9.38. The third-order valence-electron chi connectivity index (χ3n) is 6.49. The summed E-state index contributed by atoms with van der Waals surface area (Å²) < 4.78 is 0. The molecule has 0 aliphatic carbocycles. The van der Waals surface area contributed by atoms with E-state index in [1.165, 1.54) is 42.3 Å². The van der Waals surface area contributed by atoms with Crippen molar-refractivity contribution in [3.05, 3.63) is 54.4 Å². The molecule has 2 N–H and O–H groups in total. The Bertz CT molecular complexity index is 1150. The normalized spacial score (nSPS) is 17.8. The quantitative estimate of drug-likeness (QED) is 0.259. The monoisotopic (exact) mass is 520 g/mol. The second-order valence-corrected chi connectivity index (χ2v) is 10.8. The van der Waals surface area contributed by atoms with E-state index < -0.39 is 0 Å². The molecule has 8 nitrogen and oxygen atoms in total. The first-order valence-electron chi connectivity index (χ1n) is 12.6. The lowest BCUT2D eigenvalue weighted by atomic mass is 10.0. The summed E-state index contributed by atoms with van der Waals surface area (Å²) >= 11 is 7.01. The molecule has 2 aliphatic heterocycles. The van der Waals surface area contributed by atoms with Crippen molar-refractivity contribution in [1.82, 2.24) is 25.3 Å². The molecule has 0 bridgehead atoms. The van der Waals surface area contributed by atoms with Gasteiger partial charge in [-0.15, -0.1) is 0 Å². The van der Waals surface area contributed by atoms with Gasteiger partial charge in [0.2, 0.25) is 5.95 Å². The maximum Gasteiger partial charge on any atom is 0.232 e. The Kier molecular flexibility index (Phi) is 8.12. The number of rotatable bonds is 7. The smallest absolute Gasteiger partial charge is 0.232 e. The zero-order valence-corrected chi connectivity index (χ0v) is 22.2. The molecule has 1 unspecified atom stereocenters. The highest BCUT2D eigenvalue weighted by Gasteiger charge is 2.20. The second kappa shape index (κ2) is 11.8. The fourth-order valence-electron chi connectivity index (χ4n) is 4.64.